The van der Waals surface area contributed by atoms with Crippen LogP contribution in [0.4, 0.5) is 5.69 Å². The van der Waals surface area contributed by atoms with Gasteiger partial charge in [-0.3, -0.25) is 4.90 Å². The summed E-state index contributed by atoms with van der Waals surface area (Å²) in [5, 5.41) is 13.7. The maximum absolute atomic E-state index is 9.96. The lowest BCUT2D eigenvalue weighted by Gasteiger charge is -2.38. The fourth-order valence-corrected chi connectivity index (χ4v) is 2.20. The zero-order valence-corrected chi connectivity index (χ0v) is 9.37. The van der Waals surface area contributed by atoms with Crippen LogP contribution >= 0.6 is 12.2 Å². The second-order valence-electron chi connectivity index (χ2n) is 3.77. The van der Waals surface area contributed by atoms with E-state index in [9.17, 15) is 5.11 Å². The van der Waals surface area contributed by atoms with Crippen LogP contribution in [-0.2, 0) is 0 Å². The van der Waals surface area contributed by atoms with Crippen LogP contribution in [0.15, 0.2) is 30.3 Å². The summed E-state index contributed by atoms with van der Waals surface area (Å²) in [6.07, 6.45) is 0.144. The summed E-state index contributed by atoms with van der Waals surface area (Å²) < 4.78 is 0. The number of nitrogens with zero attached hydrogens (tertiary/aromatic N) is 1. The summed E-state index contributed by atoms with van der Waals surface area (Å²) >= 11 is 5.22. The van der Waals surface area contributed by atoms with Crippen molar-refractivity contribution in [2.24, 2.45) is 0 Å². The number of aliphatic hydroxyl groups is 1. The highest BCUT2D eigenvalue weighted by atomic mass is 32.1. The van der Waals surface area contributed by atoms with Gasteiger partial charge in [-0.1, -0.05) is 18.2 Å². The first-order chi connectivity index (χ1) is 7.18. The van der Waals surface area contributed by atoms with Crippen molar-refractivity contribution >= 4 is 23.0 Å². The molecular weight excluding hydrogens is 208 g/mol. The van der Waals surface area contributed by atoms with Crippen LogP contribution < -0.4 is 10.2 Å². The minimum atomic E-state index is -0.531. The molecule has 2 atom stereocenters. The molecule has 1 aromatic carbocycles. The van der Waals surface area contributed by atoms with Gasteiger partial charge in [0.2, 0.25) is 0 Å². The van der Waals surface area contributed by atoms with E-state index in [-0.39, 0.29) is 6.04 Å². The Hall–Kier alpha value is -1.13. The number of para-hydroxylation sites is 1. The van der Waals surface area contributed by atoms with Gasteiger partial charge in [-0.2, -0.15) is 0 Å². The fraction of sp³-hybridized carbons (Fsp3) is 0.364. The maximum atomic E-state index is 9.96. The van der Waals surface area contributed by atoms with Crippen LogP contribution in [0.25, 0.3) is 0 Å². The molecule has 1 heterocycles. The van der Waals surface area contributed by atoms with E-state index in [1.807, 2.05) is 37.3 Å². The number of anilines is 1. The summed E-state index contributed by atoms with van der Waals surface area (Å²) in [6.45, 7) is 2.01. The van der Waals surface area contributed by atoms with E-state index in [0.717, 1.165) is 5.69 Å². The number of hydrogen-bond donors (Lipinski definition) is 2. The van der Waals surface area contributed by atoms with Crippen LogP contribution in [0.1, 0.15) is 13.3 Å². The van der Waals surface area contributed by atoms with E-state index >= 15 is 0 Å². The van der Waals surface area contributed by atoms with Crippen molar-refractivity contribution in [1.29, 1.82) is 0 Å². The van der Waals surface area contributed by atoms with Gasteiger partial charge in [0.05, 0.1) is 0 Å². The first-order valence-electron chi connectivity index (χ1n) is 5.01. The topological polar surface area (TPSA) is 35.5 Å². The minimum absolute atomic E-state index is 0.229. The second-order valence-corrected chi connectivity index (χ2v) is 4.16. The molecular formula is C11H14N2OS. The predicted octanol–water partition coefficient (Wildman–Crippen LogP) is 1.48. The average Bonchev–Trinajstić information content (AvgIpc) is 2.17. The highest BCUT2D eigenvalue weighted by Gasteiger charge is 2.28. The zero-order valence-electron chi connectivity index (χ0n) is 8.55. The van der Waals surface area contributed by atoms with E-state index < -0.39 is 6.23 Å². The maximum Gasteiger partial charge on any atom is 0.175 e. The summed E-state index contributed by atoms with van der Waals surface area (Å²) in [7, 11) is 0. The third-order valence-electron chi connectivity index (χ3n) is 2.49. The largest absolute Gasteiger partial charge is 0.373 e. The van der Waals surface area contributed by atoms with Gasteiger partial charge in [0.25, 0.3) is 0 Å². The quantitative estimate of drug-likeness (QED) is 0.706. The number of nitrogens with one attached hydrogen (secondary N) is 1. The Kier molecular flexibility index (Phi) is 2.88. The Balaban J connectivity index is 2.25. The molecule has 1 aromatic rings. The smallest absolute Gasteiger partial charge is 0.175 e. The van der Waals surface area contributed by atoms with Crippen molar-refractivity contribution in [3.8, 4) is 0 Å². The minimum Gasteiger partial charge on any atom is -0.373 e. The predicted molar refractivity (Wildman–Crippen MR) is 64.7 cm³/mol. The lowest BCUT2D eigenvalue weighted by atomic mass is 10.1. The van der Waals surface area contributed by atoms with E-state index in [1.165, 1.54) is 0 Å². The van der Waals surface area contributed by atoms with Gasteiger partial charge >= 0.3 is 0 Å². The molecule has 3 nitrogen and oxygen atoms in total. The molecule has 1 fully saturated rings. The lowest BCUT2D eigenvalue weighted by molar-refractivity contribution is 0.154. The van der Waals surface area contributed by atoms with Crippen LogP contribution in [0.5, 0.6) is 0 Å². The zero-order chi connectivity index (χ0) is 10.8. The molecule has 1 saturated heterocycles. The Morgan fingerprint density at radius 2 is 2.07 bits per heavy atom. The van der Waals surface area contributed by atoms with E-state index in [1.54, 1.807) is 4.90 Å². The van der Waals surface area contributed by atoms with Gasteiger partial charge in [-0.05, 0) is 31.3 Å². The average molecular weight is 222 g/mol. The summed E-state index contributed by atoms with van der Waals surface area (Å²) in [5.74, 6) is 0. The lowest BCUT2D eigenvalue weighted by Crippen LogP contribution is -2.56. The number of benzene rings is 1. The van der Waals surface area contributed by atoms with Gasteiger partial charge in [0, 0.05) is 18.2 Å². The molecule has 0 aliphatic carbocycles. The van der Waals surface area contributed by atoms with Gasteiger partial charge < -0.3 is 10.4 Å². The van der Waals surface area contributed by atoms with Crippen LogP contribution in [0.3, 0.4) is 0 Å². The van der Waals surface area contributed by atoms with Crippen LogP contribution in [0.2, 0.25) is 0 Å². The summed E-state index contributed by atoms with van der Waals surface area (Å²) in [4.78, 5) is 1.75. The number of hydrogen-bond acceptors (Lipinski definition) is 2. The SMILES string of the molecule is C[C@H]1C[C@H](O)N(c2ccccc2)C(=S)N1. The molecule has 4 heteroatoms. The van der Waals surface area contributed by atoms with E-state index in [2.05, 4.69) is 5.32 Å². The van der Waals surface area contributed by atoms with Gasteiger partial charge in [-0.25, -0.2) is 0 Å². The Labute approximate surface area is 94.7 Å². The molecule has 2 rings (SSSR count). The molecule has 0 spiro atoms. The van der Waals surface area contributed by atoms with Crippen molar-refractivity contribution in [2.45, 2.75) is 25.6 Å². The first-order valence-corrected chi connectivity index (χ1v) is 5.42. The standard InChI is InChI=1S/C11H14N2OS/c1-8-7-10(14)13(11(15)12-8)9-5-3-2-4-6-9/h2-6,8,10,14H,7H2,1H3,(H,12,15)/t8-,10-/m0/s1. The monoisotopic (exact) mass is 222 g/mol. The fourth-order valence-electron chi connectivity index (χ4n) is 1.77. The second kappa shape index (κ2) is 4.16. The molecule has 0 unspecified atom stereocenters. The molecule has 0 aromatic heterocycles. The van der Waals surface area contributed by atoms with Crippen LogP contribution in [-0.4, -0.2) is 22.5 Å². The van der Waals surface area contributed by atoms with E-state index in [4.69, 9.17) is 12.2 Å². The normalized spacial score (nSPS) is 26.3. The Morgan fingerprint density at radius 3 is 2.67 bits per heavy atom. The molecule has 80 valence electrons. The van der Waals surface area contributed by atoms with E-state index in [0.29, 0.717) is 11.5 Å². The molecule has 0 amide bonds. The van der Waals surface area contributed by atoms with Crippen molar-refractivity contribution in [1.82, 2.24) is 5.32 Å². The third kappa shape index (κ3) is 2.11. The molecule has 1 aliphatic rings. The van der Waals surface area contributed by atoms with Gasteiger partial charge in [0.15, 0.2) is 5.11 Å². The number of thiocarbonyl (C=S) groups is 1. The number of rotatable bonds is 1. The van der Waals surface area contributed by atoms with Crippen molar-refractivity contribution < 1.29 is 5.11 Å². The summed E-state index contributed by atoms with van der Waals surface area (Å²) in [5.41, 5.74) is 0.925. The van der Waals surface area contributed by atoms with Crippen molar-refractivity contribution in [3.63, 3.8) is 0 Å². The molecule has 15 heavy (non-hydrogen) atoms. The highest BCUT2D eigenvalue weighted by molar-refractivity contribution is 7.80. The summed E-state index contributed by atoms with van der Waals surface area (Å²) in [6, 6.07) is 9.91. The highest BCUT2D eigenvalue weighted by Crippen LogP contribution is 2.21. The van der Waals surface area contributed by atoms with Gasteiger partial charge in [-0.15, -0.1) is 0 Å². The Bertz CT molecular complexity index is 355. The van der Waals surface area contributed by atoms with Gasteiger partial charge in [0.1, 0.15) is 6.23 Å². The van der Waals surface area contributed by atoms with Crippen molar-refractivity contribution in [2.75, 3.05) is 4.90 Å². The number of aliphatic hydroxyl groups excluding tert-OH is 1. The molecule has 0 saturated carbocycles. The Morgan fingerprint density at radius 1 is 1.40 bits per heavy atom. The third-order valence-corrected chi connectivity index (χ3v) is 2.80. The molecule has 0 radical (unpaired) electrons. The van der Waals surface area contributed by atoms with Crippen molar-refractivity contribution in [3.05, 3.63) is 30.3 Å². The first kappa shape index (κ1) is 10.4. The molecule has 2 N–H and O–H groups in total. The van der Waals surface area contributed by atoms with Crippen LogP contribution in [0, 0.1) is 0 Å². The molecule has 0 bridgehead atoms. The molecule has 1 aliphatic heterocycles.